The largest absolute Gasteiger partial charge is 0.493 e. The van der Waals surface area contributed by atoms with Gasteiger partial charge in [-0.05, 0) is 58.2 Å². The smallest absolute Gasteiger partial charge is 0.161 e. The van der Waals surface area contributed by atoms with Crippen LogP contribution in [0.1, 0.15) is 18.9 Å². The van der Waals surface area contributed by atoms with E-state index in [1.807, 2.05) is 25.1 Å². The van der Waals surface area contributed by atoms with Gasteiger partial charge in [0.25, 0.3) is 0 Å². The number of hydrogen-bond acceptors (Lipinski definition) is 6. The summed E-state index contributed by atoms with van der Waals surface area (Å²) < 4.78 is 11.4. The van der Waals surface area contributed by atoms with Gasteiger partial charge < -0.3 is 19.5 Å². The van der Waals surface area contributed by atoms with E-state index < -0.39 is 6.10 Å². The zero-order valence-electron chi connectivity index (χ0n) is 18.0. The fourth-order valence-electron chi connectivity index (χ4n) is 3.58. The predicted molar refractivity (Wildman–Crippen MR) is 114 cm³/mol. The lowest BCUT2D eigenvalue weighted by Crippen LogP contribution is -2.37. The Morgan fingerprint density at radius 2 is 2.04 bits per heavy atom. The van der Waals surface area contributed by atoms with Gasteiger partial charge in [0.05, 0.1) is 7.11 Å². The molecule has 2 rings (SSSR count). The number of hydrogen-bond donors (Lipinski definition) is 1. The molecule has 6 nitrogen and oxygen atoms in total. The van der Waals surface area contributed by atoms with Crippen LogP contribution in [0, 0.1) is 0 Å². The second kappa shape index (κ2) is 11.4. The number of ether oxygens (including phenoxy) is 2. The van der Waals surface area contributed by atoms with Gasteiger partial charge in [-0.2, -0.15) is 0 Å². The van der Waals surface area contributed by atoms with Gasteiger partial charge in [0, 0.05) is 32.7 Å². The Morgan fingerprint density at radius 1 is 1.25 bits per heavy atom. The molecule has 28 heavy (non-hydrogen) atoms. The standard InChI is InChI=1S/C22H37N3O3/c1-18(2)14-24(4)15-19-7-8-21(27-5)22(13-19)28-17-20(26)16-25-10-6-9-23(3)11-12-25/h7-8,13,20,26H,1,6,9-12,14-17H2,2-5H3. The summed E-state index contributed by atoms with van der Waals surface area (Å²) in [5.41, 5.74) is 2.28. The fourth-order valence-corrected chi connectivity index (χ4v) is 3.58. The molecule has 1 heterocycles. The van der Waals surface area contributed by atoms with E-state index in [9.17, 15) is 5.11 Å². The van der Waals surface area contributed by atoms with Crippen molar-refractivity contribution < 1.29 is 14.6 Å². The number of rotatable bonds is 10. The number of likely N-dealkylation sites (N-methyl/N-ethyl adjacent to an activating group) is 2. The van der Waals surface area contributed by atoms with Crippen molar-refractivity contribution in [1.82, 2.24) is 14.7 Å². The number of benzene rings is 1. The number of nitrogens with zero attached hydrogens (tertiary/aromatic N) is 3. The molecule has 1 atom stereocenters. The first-order valence-electron chi connectivity index (χ1n) is 10.1. The quantitative estimate of drug-likeness (QED) is 0.617. The lowest BCUT2D eigenvalue weighted by molar-refractivity contribution is 0.0685. The molecule has 6 heteroatoms. The van der Waals surface area contributed by atoms with Crippen LogP contribution in [0.5, 0.6) is 11.5 Å². The van der Waals surface area contributed by atoms with Crippen molar-refractivity contribution in [3.05, 3.63) is 35.9 Å². The molecule has 0 bridgehead atoms. The minimum atomic E-state index is -0.525. The van der Waals surface area contributed by atoms with Crippen LogP contribution in [0.3, 0.4) is 0 Å². The SMILES string of the molecule is C=C(C)CN(C)Cc1ccc(OC)c(OCC(O)CN2CCCN(C)CC2)c1. The third-order valence-electron chi connectivity index (χ3n) is 4.93. The highest BCUT2D eigenvalue weighted by Gasteiger charge is 2.17. The molecule has 1 fully saturated rings. The van der Waals surface area contributed by atoms with Crippen LogP contribution in [0.15, 0.2) is 30.4 Å². The fraction of sp³-hybridized carbons (Fsp3) is 0.636. The number of aliphatic hydroxyl groups excluding tert-OH is 1. The molecule has 0 aliphatic carbocycles. The number of methoxy groups -OCH3 is 1. The molecule has 158 valence electrons. The van der Waals surface area contributed by atoms with E-state index in [1.54, 1.807) is 7.11 Å². The maximum atomic E-state index is 10.5. The molecule has 1 aliphatic rings. The molecule has 0 saturated carbocycles. The topological polar surface area (TPSA) is 48.4 Å². The first-order valence-corrected chi connectivity index (χ1v) is 10.1. The Balaban J connectivity index is 1.90. The van der Waals surface area contributed by atoms with E-state index in [-0.39, 0.29) is 6.61 Å². The summed E-state index contributed by atoms with van der Waals surface area (Å²) in [6.45, 7) is 12.7. The second-order valence-electron chi connectivity index (χ2n) is 8.04. The van der Waals surface area contributed by atoms with Crippen molar-refractivity contribution >= 4 is 0 Å². The van der Waals surface area contributed by atoms with Crippen molar-refractivity contribution in [3.63, 3.8) is 0 Å². The summed E-state index contributed by atoms with van der Waals surface area (Å²) in [5.74, 6) is 1.37. The summed E-state index contributed by atoms with van der Waals surface area (Å²) in [6, 6.07) is 5.97. The maximum absolute atomic E-state index is 10.5. The van der Waals surface area contributed by atoms with E-state index in [4.69, 9.17) is 9.47 Å². The average molecular weight is 392 g/mol. The zero-order chi connectivity index (χ0) is 20.5. The van der Waals surface area contributed by atoms with Gasteiger partial charge in [0.1, 0.15) is 12.7 Å². The Morgan fingerprint density at radius 3 is 2.75 bits per heavy atom. The molecular formula is C22H37N3O3. The van der Waals surface area contributed by atoms with Crippen LogP contribution in [-0.2, 0) is 6.54 Å². The maximum Gasteiger partial charge on any atom is 0.161 e. The molecule has 1 aromatic carbocycles. The Labute approximate surface area is 170 Å². The summed E-state index contributed by atoms with van der Waals surface area (Å²) in [6.07, 6.45) is 0.611. The molecular weight excluding hydrogens is 354 g/mol. The molecule has 0 aromatic heterocycles. The Bertz CT molecular complexity index is 623. The molecule has 1 unspecified atom stereocenters. The molecule has 1 saturated heterocycles. The van der Waals surface area contributed by atoms with Gasteiger partial charge in [0.15, 0.2) is 11.5 Å². The van der Waals surface area contributed by atoms with Gasteiger partial charge >= 0.3 is 0 Å². The first-order chi connectivity index (χ1) is 13.4. The van der Waals surface area contributed by atoms with Crippen molar-refractivity contribution in [2.45, 2.75) is 26.0 Å². The Hall–Kier alpha value is -1.60. The molecule has 0 amide bonds. The monoisotopic (exact) mass is 391 g/mol. The predicted octanol–water partition coefficient (Wildman–Crippen LogP) is 2.08. The van der Waals surface area contributed by atoms with Crippen LogP contribution in [0.2, 0.25) is 0 Å². The molecule has 1 aliphatic heterocycles. The van der Waals surface area contributed by atoms with Crippen LogP contribution >= 0.6 is 0 Å². The highest BCUT2D eigenvalue weighted by atomic mass is 16.5. The first kappa shape index (κ1) is 22.7. The molecule has 1 N–H and O–H groups in total. The van der Waals surface area contributed by atoms with Gasteiger partial charge in [-0.25, -0.2) is 0 Å². The van der Waals surface area contributed by atoms with Gasteiger partial charge in [0.2, 0.25) is 0 Å². The van der Waals surface area contributed by atoms with Crippen molar-refractivity contribution in [3.8, 4) is 11.5 Å². The lowest BCUT2D eigenvalue weighted by Gasteiger charge is -2.24. The molecule has 1 aromatic rings. The average Bonchev–Trinajstić information content (AvgIpc) is 2.83. The number of β-amino-alcohol motifs (C(OH)–C–C–N with tert-alkyl or cyclic N) is 1. The van der Waals surface area contributed by atoms with Crippen LogP contribution in [0.4, 0.5) is 0 Å². The van der Waals surface area contributed by atoms with E-state index in [0.717, 1.165) is 56.8 Å². The molecule has 0 spiro atoms. The minimum Gasteiger partial charge on any atom is -0.493 e. The van der Waals surface area contributed by atoms with Crippen LogP contribution in [-0.4, -0.2) is 93.0 Å². The van der Waals surface area contributed by atoms with E-state index in [1.165, 1.54) is 0 Å². The number of aliphatic hydroxyl groups is 1. The highest BCUT2D eigenvalue weighted by Crippen LogP contribution is 2.28. The summed E-state index contributed by atoms with van der Waals surface area (Å²) in [5, 5.41) is 10.5. The minimum absolute atomic E-state index is 0.258. The van der Waals surface area contributed by atoms with Gasteiger partial charge in [-0.3, -0.25) is 9.80 Å². The Kier molecular flexibility index (Phi) is 9.25. The van der Waals surface area contributed by atoms with Crippen molar-refractivity contribution in [1.29, 1.82) is 0 Å². The summed E-state index contributed by atoms with van der Waals surface area (Å²) in [7, 11) is 5.86. The van der Waals surface area contributed by atoms with E-state index in [2.05, 4.69) is 35.4 Å². The van der Waals surface area contributed by atoms with Crippen LogP contribution < -0.4 is 9.47 Å². The molecule has 0 radical (unpaired) electrons. The zero-order valence-corrected chi connectivity index (χ0v) is 18.0. The highest BCUT2D eigenvalue weighted by molar-refractivity contribution is 5.43. The van der Waals surface area contributed by atoms with Crippen LogP contribution in [0.25, 0.3) is 0 Å². The van der Waals surface area contributed by atoms with Gasteiger partial charge in [-0.1, -0.05) is 18.2 Å². The summed E-state index contributed by atoms with van der Waals surface area (Å²) >= 11 is 0. The van der Waals surface area contributed by atoms with E-state index in [0.29, 0.717) is 18.0 Å². The third-order valence-corrected chi connectivity index (χ3v) is 4.93. The van der Waals surface area contributed by atoms with Crippen molar-refractivity contribution in [2.24, 2.45) is 0 Å². The summed E-state index contributed by atoms with van der Waals surface area (Å²) in [4.78, 5) is 6.86. The van der Waals surface area contributed by atoms with Crippen molar-refractivity contribution in [2.75, 3.05) is 67.1 Å². The third kappa shape index (κ3) is 7.80. The lowest BCUT2D eigenvalue weighted by atomic mass is 10.2. The van der Waals surface area contributed by atoms with E-state index >= 15 is 0 Å². The normalized spacial score (nSPS) is 17.4. The van der Waals surface area contributed by atoms with Gasteiger partial charge in [-0.15, -0.1) is 0 Å². The second-order valence-corrected chi connectivity index (χ2v) is 8.04.